The van der Waals surface area contributed by atoms with E-state index in [2.05, 4.69) is 15.5 Å². The van der Waals surface area contributed by atoms with Gasteiger partial charge in [0.25, 0.3) is 0 Å². The van der Waals surface area contributed by atoms with Gasteiger partial charge in [0.1, 0.15) is 0 Å². The number of nitrogens with zero attached hydrogens (tertiary/aromatic N) is 5. The number of rotatable bonds is 7. The van der Waals surface area contributed by atoms with Crippen LogP contribution in [0, 0.1) is 0 Å². The van der Waals surface area contributed by atoms with Crippen LogP contribution in [0.25, 0.3) is 0 Å². The summed E-state index contributed by atoms with van der Waals surface area (Å²) in [5.41, 5.74) is 0. The molecular formula is C17H23N5O3S3. The Morgan fingerprint density at radius 3 is 2.79 bits per heavy atom. The minimum atomic E-state index is -3.03. The maximum atomic E-state index is 13.1. The number of hydrogen-bond donors (Lipinski definition) is 0. The summed E-state index contributed by atoms with van der Waals surface area (Å²) < 4.78 is 25.6. The molecule has 1 amide bonds. The van der Waals surface area contributed by atoms with Crippen molar-refractivity contribution in [3.63, 3.8) is 0 Å². The fourth-order valence-electron chi connectivity index (χ4n) is 4.03. The molecule has 0 radical (unpaired) electrons. The summed E-state index contributed by atoms with van der Waals surface area (Å²) in [6.07, 6.45) is 4.66. The van der Waals surface area contributed by atoms with Gasteiger partial charge in [-0.15, -0.1) is 16.4 Å². The highest BCUT2D eigenvalue weighted by atomic mass is 32.2. The molecule has 1 aliphatic carbocycles. The lowest BCUT2D eigenvalue weighted by atomic mass is 10.1. The number of aromatic nitrogens is 4. The lowest BCUT2D eigenvalue weighted by Crippen LogP contribution is -2.47. The molecule has 0 spiro atoms. The molecule has 0 aromatic carbocycles. The van der Waals surface area contributed by atoms with Gasteiger partial charge >= 0.3 is 0 Å². The molecule has 152 valence electrons. The van der Waals surface area contributed by atoms with Gasteiger partial charge in [-0.25, -0.2) is 13.1 Å². The number of carbonyl (C=O) groups excluding carboxylic acids is 1. The summed E-state index contributed by atoms with van der Waals surface area (Å²) in [4.78, 5) is 16.1. The van der Waals surface area contributed by atoms with Gasteiger partial charge in [-0.3, -0.25) is 4.79 Å². The lowest BCUT2D eigenvalue weighted by molar-refractivity contribution is -0.132. The van der Waals surface area contributed by atoms with E-state index in [-0.39, 0.29) is 35.2 Å². The Balaban J connectivity index is 1.43. The first kappa shape index (κ1) is 19.8. The predicted molar refractivity (Wildman–Crippen MR) is 108 cm³/mol. The van der Waals surface area contributed by atoms with E-state index < -0.39 is 9.84 Å². The molecule has 11 heteroatoms. The van der Waals surface area contributed by atoms with Crippen molar-refractivity contribution in [3.8, 4) is 0 Å². The van der Waals surface area contributed by atoms with E-state index in [4.69, 9.17) is 0 Å². The number of carbonyl (C=O) groups is 1. The summed E-state index contributed by atoms with van der Waals surface area (Å²) in [5.74, 6) is 0.485. The molecule has 3 heterocycles. The zero-order chi connectivity index (χ0) is 19.6. The maximum Gasteiger partial charge on any atom is 0.233 e. The molecule has 1 aliphatic heterocycles. The van der Waals surface area contributed by atoms with Crippen LogP contribution < -0.4 is 0 Å². The Morgan fingerprint density at radius 1 is 1.29 bits per heavy atom. The number of hydrogen-bond acceptors (Lipinski definition) is 8. The molecule has 8 nitrogen and oxygen atoms in total. The zero-order valence-electron chi connectivity index (χ0n) is 15.4. The van der Waals surface area contributed by atoms with Crippen LogP contribution in [0.5, 0.6) is 0 Å². The third-order valence-electron chi connectivity index (χ3n) is 5.32. The van der Waals surface area contributed by atoms with E-state index in [1.807, 2.05) is 22.4 Å². The fraction of sp³-hybridized carbons (Fsp3) is 0.647. The first-order chi connectivity index (χ1) is 13.5. The van der Waals surface area contributed by atoms with Gasteiger partial charge in [-0.05, 0) is 41.1 Å². The molecule has 2 aliphatic rings. The van der Waals surface area contributed by atoms with Crippen molar-refractivity contribution in [1.82, 2.24) is 25.1 Å². The van der Waals surface area contributed by atoms with E-state index >= 15 is 0 Å². The lowest BCUT2D eigenvalue weighted by Gasteiger charge is -2.34. The molecular weight excluding hydrogens is 418 g/mol. The Labute approximate surface area is 172 Å². The van der Waals surface area contributed by atoms with Crippen LogP contribution in [-0.2, 0) is 21.2 Å². The molecule has 0 bridgehead atoms. The van der Waals surface area contributed by atoms with Crippen molar-refractivity contribution in [2.75, 3.05) is 17.3 Å². The molecule has 1 atom stereocenters. The molecule has 0 unspecified atom stereocenters. The van der Waals surface area contributed by atoms with Crippen LogP contribution >= 0.6 is 23.1 Å². The van der Waals surface area contributed by atoms with Crippen molar-refractivity contribution in [2.45, 2.75) is 55.9 Å². The summed E-state index contributed by atoms with van der Waals surface area (Å²) in [5, 5.41) is 14.4. The van der Waals surface area contributed by atoms with Gasteiger partial charge in [0, 0.05) is 17.0 Å². The van der Waals surface area contributed by atoms with Gasteiger partial charge in [0.15, 0.2) is 9.84 Å². The predicted octanol–water partition coefficient (Wildman–Crippen LogP) is 1.83. The van der Waals surface area contributed by atoms with Crippen molar-refractivity contribution in [2.24, 2.45) is 0 Å². The number of thiophene rings is 1. The molecule has 2 aromatic heterocycles. The van der Waals surface area contributed by atoms with E-state index in [1.54, 1.807) is 16.0 Å². The third kappa shape index (κ3) is 4.57. The Bertz CT molecular complexity index is 906. The van der Waals surface area contributed by atoms with Crippen LogP contribution in [-0.4, -0.2) is 68.8 Å². The normalized spacial score (nSPS) is 21.9. The second-order valence-electron chi connectivity index (χ2n) is 7.28. The minimum Gasteiger partial charge on any atom is -0.335 e. The molecule has 4 rings (SSSR count). The average molecular weight is 442 g/mol. The first-order valence-corrected chi connectivity index (χ1v) is 13.1. The average Bonchev–Trinajstić information content (AvgIpc) is 3.43. The maximum absolute atomic E-state index is 13.1. The van der Waals surface area contributed by atoms with Crippen LogP contribution in [0.1, 0.15) is 37.0 Å². The van der Waals surface area contributed by atoms with Gasteiger partial charge in [0.2, 0.25) is 11.1 Å². The van der Waals surface area contributed by atoms with E-state index in [0.29, 0.717) is 18.1 Å². The molecule has 1 saturated carbocycles. The third-order valence-corrected chi connectivity index (χ3v) is 8.87. The number of sulfone groups is 1. The molecule has 28 heavy (non-hydrogen) atoms. The van der Waals surface area contributed by atoms with Crippen LogP contribution in [0.3, 0.4) is 0 Å². The smallest absolute Gasteiger partial charge is 0.233 e. The van der Waals surface area contributed by atoms with E-state index in [0.717, 1.165) is 30.6 Å². The van der Waals surface area contributed by atoms with Crippen molar-refractivity contribution >= 4 is 38.8 Å². The van der Waals surface area contributed by atoms with Crippen LogP contribution in [0.15, 0.2) is 22.7 Å². The molecule has 2 fully saturated rings. The van der Waals surface area contributed by atoms with Gasteiger partial charge in [-0.1, -0.05) is 30.7 Å². The Hall–Kier alpha value is -1.46. The van der Waals surface area contributed by atoms with Crippen LogP contribution in [0.2, 0.25) is 0 Å². The standard InChI is InChI=1S/C17H23N5O3S3/c23-16(11-27-17-18-19-20-21(17)10-15-6-3-8-26-15)22(13-4-1-2-5-13)14-7-9-28(24,25)12-14/h3,6,8,13-14H,1-2,4-5,7,9-12H2/t14-/m1/s1. The topological polar surface area (TPSA) is 98.1 Å². The van der Waals surface area contributed by atoms with Gasteiger partial charge < -0.3 is 4.90 Å². The minimum absolute atomic E-state index is 0.00956. The summed E-state index contributed by atoms with van der Waals surface area (Å²) in [6.45, 7) is 0.578. The highest BCUT2D eigenvalue weighted by Gasteiger charge is 2.38. The second-order valence-corrected chi connectivity index (χ2v) is 11.5. The first-order valence-electron chi connectivity index (χ1n) is 9.45. The number of amides is 1. The quantitative estimate of drug-likeness (QED) is 0.605. The van der Waals surface area contributed by atoms with Gasteiger partial charge in [0.05, 0.1) is 23.8 Å². The summed E-state index contributed by atoms with van der Waals surface area (Å²) in [6, 6.07) is 3.97. The molecule has 2 aromatic rings. The van der Waals surface area contributed by atoms with E-state index in [9.17, 15) is 13.2 Å². The molecule has 0 N–H and O–H groups in total. The summed E-state index contributed by atoms with van der Waals surface area (Å²) >= 11 is 2.96. The highest BCUT2D eigenvalue weighted by molar-refractivity contribution is 7.99. The molecule has 1 saturated heterocycles. The van der Waals surface area contributed by atoms with Crippen molar-refractivity contribution in [1.29, 1.82) is 0 Å². The van der Waals surface area contributed by atoms with E-state index in [1.165, 1.54) is 11.8 Å². The number of tetrazole rings is 1. The van der Waals surface area contributed by atoms with Crippen molar-refractivity contribution in [3.05, 3.63) is 22.4 Å². The largest absolute Gasteiger partial charge is 0.335 e. The van der Waals surface area contributed by atoms with Gasteiger partial charge in [-0.2, -0.15) is 0 Å². The SMILES string of the molecule is O=C(CSc1nnnn1Cc1cccs1)N(C1CCCC1)[C@@H]1CCS(=O)(=O)C1. The Kier molecular flexibility index (Phi) is 6.02. The Morgan fingerprint density at radius 2 is 2.11 bits per heavy atom. The summed E-state index contributed by atoms with van der Waals surface area (Å²) in [7, 11) is -3.03. The fourth-order valence-corrected chi connectivity index (χ4v) is 7.18. The van der Waals surface area contributed by atoms with Crippen molar-refractivity contribution < 1.29 is 13.2 Å². The number of thioether (sulfide) groups is 1. The van der Waals surface area contributed by atoms with Crippen LogP contribution in [0.4, 0.5) is 0 Å². The zero-order valence-corrected chi connectivity index (χ0v) is 17.9. The monoisotopic (exact) mass is 441 g/mol. The second kappa shape index (κ2) is 8.50. The highest BCUT2D eigenvalue weighted by Crippen LogP contribution is 2.30.